The Morgan fingerprint density at radius 3 is 2.50 bits per heavy atom. The van der Waals surface area contributed by atoms with Gasteiger partial charge in [-0.25, -0.2) is 0 Å². The molecule has 1 aliphatic heterocycles. The topological polar surface area (TPSA) is 20.3 Å². The Labute approximate surface area is 73.3 Å². The number of hydrogen-bond acceptors (Lipinski definition) is 1. The van der Waals surface area contributed by atoms with Gasteiger partial charge in [0.1, 0.15) is 7.85 Å². The largest absolute Gasteiger partial charge is 0.316 e. The van der Waals surface area contributed by atoms with Gasteiger partial charge >= 0.3 is 0 Å². The highest BCUT2D eigenvalue weighted by Crippen LogP contribution is 2.24. The van der Waals surface area contributed by atoms with Crippen molar-refractivity contribution in [3.63, 3.8) is 0 Å². The first kappa shape index (κ1) is 7.65. The second kappa shape index (κ2) is 2.81. The van der Waals surface area contributed by atoms with Crippen LogP contribution >= 0.6 is 0 Å². The van der Waals surface area contributed by atoms with E-state index in [1.54, 1.807) is 0 Å². The average Bonchev–Trinajstić information content (AvgIpc) is 2.06. The number of β-lactam (4-membered cyclic amide) rings is 1. The molecule has 0 aromatic rings. The van der Waals surface area contributed by atoms with E-state index in [0.717, 1.165) is 30.6 Å². The Bertz CT molecular complexity index is 280. The lowest BCUT2D eigenvalue weighted by atomic mass is 9.86. The molecule has 12 heavy (non-hydrogen) atoms. The van der Waals surface area contributed by atoms with E-state index in [1.807, 2.05) is 17.1 Å². The highest BCUT2D eigenvalue weighted by atomic mass is 16.2. The summed E-state index contributed by atoms with van der Waals surface area (Å²) in [4.78, 5) is 12.9. The van der Waals surface area contributed by atoms with Crippen molar-refractivity contribution in [1.29, 1.82) is 0 Å². The molecule has 2 radical (unpaired) electrons. The number of hydrogen-bond donors (Lipinski definition) is 0. The first-order valence-corrected chi connectivity index (χ1v) is 4.23. The Morgan fingerprint density at radius 1 is 1.25 bits per heavy atom. The van der Waals surface area contributed by atoms with Gasteiger partial charge in [-0.1, -0.05) is 6.08 Å². The van der Waals surface area contributed by atoms with Crippen LogP contribution in [0.1, 0.15) is 19.3 Å². The number of likely N-dealkylation sites (tertiary alicyclic amines) is 1. The summed E-state index contributed by atoms with van der Waals surface area (Å²) >= 11 is 0. The summed E-state index contributed by atoms with van der Waals surface area (Å²) in [5, 5.41) is 0. The third-order valence-corrected chi connectivity index (χ3v) is 2.36. The molecule has 2 rings (SSSR count). The second-order valence-electron chi connectivity index (χ2n) is 3.19. The fourth-order valence-corrected chi connectivity index (χ4v) is 1.49. The average molecular weight is 159 g/mol. The van der Waals surface area contributed by atoms with Crippen LogP contribution in [0, 0.1) is 0 Å². The van der Waals surface area contributed by atoms with Gasteiger partial charge in [0.15, 0.2) is 0 Å². The number of carbonyl (C=O) groups is 1. The van der Waals surface area contributed by atoms with Crippen molar-refractivity contribution in [2.24, 2.45) is 0 Å². The fraction of sp³-hybridized carbons (Fsp3) is 0.444. The number of carbonyl (C=O) groups excluding carboxylic acids is 1. The monoisotopic (exact) mass is 159 g/mol. The lowest BCUT2D eigenvalue weighted by molar-refractivity contribution is -0.137. The maximum atomic E-state index is 11.0. The molecule has 1 fully saturated rings. The number of nitrogens with zero attached hydrogens (tertiary/aromatic N) is 1. The second-order valence-corrected chi connectivity index (χ2v) is 3.19. The van der Waals surface area contributed by atoms with Crippen LogP contribution in [-0.2, 0) is 4.79 Å². The lowest BCUT2D eigenvalue weighted by Gasteiger charge is -2.34. The number of amides is 1. The van der Waals surface area contributed by atoms with E-state index in [1.165, 1.54) is 0 Å². The highest BCUT2D eigenvalue weighted by Gasteiger charge is 2.26. The summed E-state index contributed by atoms with van der Waals surface area (Å²) in [6, 6.07) is 0. The predicted octanol–water partition coefficient (Wildman–Crippen LogP) is 0.949. The Balaban J connectivity index is 2.10. The van der Waals surface area contributed by atoms with E-state index in [-0.39, 0.29) is 5.91 Å². The van der Waals surface area contributed by atoms with Crippen LogP contribution in [0.15, 0.2) is 23.3 Å². The quantitative estimate of drug-likeness (QED) is 0.412. The smallest absolute Gasteiger partial charge is 0.228 e. The molecular formula is C9H10BNO. The molecule has 1 heterocycles. The molecule has 1 amide bonds. The summed E-state index contributed by atoms with van der Waals surface area (Å²) in [5.41, 5.74) is 2.03. The Kier molecular flexibility index (Phi) is 1.79. The summed E-state index contributed by atoms with van der Waals surface area (Å²) in [5.74, 6) is 0.245. The molecule has 0 aromatic carbocycles. The van der Waals surface area contributed by atoms with E-state index >= 15 is 0 Å². The van der Waals surface area contributed by atoms with Gasteiger partial charge in [-0.3, -0.25) is 4.79 Å². The molecule has 0 aromatic heterocycles. The molecule has 0 atom stereocenters. The summed E-state index contributed by atoms with van der Waals surface area (Å²) < 4.78 is 0. The van der Waals surface area contributed by atoms with E-state index in [0.29, 0.717) is 6.42 Å². The molecule has 1 aliphatic carbocycles. The normalized spacial score (nSPS) is 23.0. The van der Waals surface area contributed by atoms with Crippen LogP contribution in [-0.4, -0.2) is 25.2 Å². The van der Waals surface area contributed by atoms with Crippen molar-refractivity contribution in [2.45, 2.75) is 19.3 Å². The molecule has 3 heteroatoms. The Hall–Kier alpha value is -0.985. The minimum Gasteiger partial charge on any atom is -0.316 e. The first-order valence-electron chi connectivity index (χ1n) is 4.23. The van der Waals surface area contributed by atoms with Crippen LogP contribution in [0.4, 0.5) is 0 Å². The molecule has 0 unspecified atom stereocenters. The van der Waals surface area contributed by atoms with Crippen molar-refractivity contribution >= 4 is 13.8 Å². The first-order chi connectivity index (χ1) is 5.77. The highest BCUT2D eigenvalue weighted by molar-refractivity contribution is 6.21. The molecule has 60 valence electrons. The minimum absolute atomic E-state index is 0.245. The molecule has 2 nitrogen and oxygen atoms in total. The van der Waals surface area contributed by atoms with Gasteiger partial charge in [-0.05, 0) is 18.9 Å². The summed E-state index contributed by atoms with van der Waals surface area (Å²) in [6.07, 6.45) is 6.35. The zero-order valence-electron chi connectivity index (χ0n) is 6.92. The molecule has 0 bridgehead atoms. The van der Waals surface area contributed by atoms with Gasteiger partial charge in [-0.2, -0.15) is 0 Å². The van der Waals surface area contributed by atoms with Gasteiger partial charge < -0.3 is 4.90 Å². The van der Waals surface area contributed by atoms with Crippen molar-refractivity contribution in [3.8, 4) is 0 Å². The minimum atomic E-state index is 0.245. The fourth-order valence-electron chi connectivity index (χ4n) is 1.49. The maximum absolute atomic E-state index is 11.0. The Morgan fingerprint density at radius 2 is 2.08 bits per heavy atom. The molecule has 0 spiro atoms. The van der Waals surface area contributed by atoms with Crippen LogP contribution in [0.3, 0.4) is 0 Å². The molecular weight excluding hydrogens is 149 g/mol. The van der Waals surface area contributed by atoms with Crippen molar-refractivity contribution in [3.05, 3.63) is 23.3 Å². The third-order valence-electron chi connectivity index (χ3n) is 2.36. The molecule has 1 saturated heterocycles. The predicted molar refractivity (Wildman–Crippen MR) is 47.5 cm³/mol. The van der Waals surface area contributed by atoms with Crippen LogP contribution in [0.2, 0.25) is 0 Å². The lowest BCUT2D eigenvalue weighted by Crippen LogP contribution is -2.42. The molecule has 2 aliphatic rings. The van der Waals surface area contributed by atoms with Crippen LogP contribution in [0.5, 0.6) is 0 Å². The standard InChI is InChI=1S/C9H10BNO/c10-7-1-3-8(4-2-7)11-6-5-9(11)12/h1,3H,2,4-6H2. The van der Waals surface area contributed by atoms with Crippen LogP contribution < -0.4 is 0 Å². The van der Waals surface area contributed by atoms with Crippen molar-refractivity contribution < 1.29 is 4.79 Å². The van der Waals surface area contributed by atoms with Gasteiger partial charge in [0, 0.05) is 18.7 Å². The van der Waals surface area contributed by atoms with Gasteiger partial charge in [0.05, 0.1) is 0 Å². The SMILES string of the molecule is [B]C1=CC=C(N2CCC2=O)CC1. The van der Waals surface area contributed by atoms with Crippen molar-refractivity contribution in [2.75, 3.05) is 6.54 Å². The third kappa shape index (κ3) is 1.19. The zero-order chi connectivity index (χ0) is 8.55. The van der Waals surface area contributed by atoms with Gasteiger partial charge in [-0.15, -0.1) is 5.47 Å². The van der Waals surface area contributed by atoms with E-state index in [4.69, 9.17) is 7.85 Å². The zero-order valence-corrected chi connectivity index (χ0v) is 6.92. The number of allylic oxidation sites excluding steroid dienone is 4. The van der Waals surface area contributed by atoms with Crippen LogP contribution in [0.25, 0.3) is 0 Å². The summed E-state index contributed by atoms with van der Waals surface area (Å²) in [6.45, 7) is 0.887. The van der Waals surface area contributed by atoms with E-state index in [9.17, 15) is 4.79 Å². The summed E-state index contributed by atoms with van der Waals surface area (Å²) in [7, 11) is 5.60. The van der Waals surface area contributed by atoms with Crippen molar-refractivity contribution in [1.82, 2.24) is 4.90 Å². The molecule has 0 N–H and O–H groups in total. The number of rotatable bonds is 1. The van der Waals surface area contributed by atoms with E-state index in [2.05, 4.69) is 0 Å². The van der Waals surface area contributed by atoms with E-state index < -0.39 is 0 Å². The van der Waals surface area contributed by atoms with Gasteiger partial charge in [0.25, 0.3) is 0 Å². The van der Waals surface area contributed by atoms with Gasteiger partial charge in [0.2, 0.25) is 5.91 Å². The molecule has 0 saturated carbocycles. The maximum Gasteiger partial charge on any atom is 0.228 e.